The van der Waals surface area contributed by atoms with Crippen molar-refractivity contribution in [1.29, 1.82) is 0 Å². The molecule has 0 aromatic heterocycles. The maximum absolute atomic E-state index is 14.3. The fraction of sp³-hybridized carbons (Fsp3) is 0.176. The molecule has 6 heteroatoms. The van der Waals surface area contributed by atoms with Crippen molar-refractivity contribution < 1.29 is 18.3 Å². The lowest BCUT2D eigenvalue weighted by atomic mass is 10.1. The first-order valence-electron chi connectivity index (χ1n) is 6.77. The first kappa shape index (κ1) is 17.6. The van der Waals surface area contributed by atoms with Gasteiger partial charge in [0.05, 0.1) is 12.2 Å². The van der Waals surface area contributed by atoms with Crippen LogP contribution in [0.2, 0.25) is 10.0 Å². The summed E-state index contributed by atoms with van der Waals surface area (Å²) in [5.41, 5.74) is -0.422. The van der Waals surface area contributed by atoms with Gasteiger partial charge in [-0.15, -0.1) is 0 Å². The molecule has 2 nitrogen and oxygen atoms in total. The molecule has 0 saturated carbocycles. The highest BCUT2D eigenvalue weighted by atomic mass is 35.5. The Kier molecular flexibility index (Phi) is 5.50. The highest BCUT2D eigenvalue weighted by Gasteiger charge is 2.37. The number of rotatable bonds is 6. The second-order valence-corrected chi connectivity index (χ2v) is 5.53. The normalized spacial score (nSPS) is 11.2. The van der Waals surface area contributed by atoms with Crippen LogP contribution in [0.15, 0.2) is 49.0 Å². The minimum atomic E-state index is -3.61. The zero-order valence-electron chi connectivity index (χ0n) is 12.3. The minimum Gasteiger partial charge on any atom is -0.494 e. The first-order valence-corrected chi connectivity index (χ1v) is 7.53. The molecule has 0 amide bonds. The third-order valence-corrected chi connectivity index (χ3v) is 3.38. The monoisotopic (exact) mass is 358 g/mol. The molecular weight excluding hydrogens is 345 g/mol. The Bertz CT molecular complexity index is 680. The van der Waals surface area contributed by atoms with E-state index in [2.05, 4.69) is 6.58 Å². The highest BCUT2D eigenvalue weighted by Crippen LogP contribution is 2.36. The molecule has 0 fully saturated rings. The van der Waals surface area contributed by atoms with Gasteiger partial charge in [0.25, 0.3) is 0 Å². The maximum Gasteiger partial charge on any atom is 0.426 e. The average molecular weight is 359 g/mol. The summed E-state index contributed by atoms with van der Waals surface area (Å²) in [6.45, 7) is 5.73. The van der Waals surface area contributed by atoms with Crippen molar-refractivity contribution in [3.63, 3.8) is 0 Å². The largest absolute Gasteiger partial charge is 0.494 e. The van der Waals surface area contributed by atoms with E-state index in [-0.39, 0.29) is 21.4 Å². The van der Waals surface area contributed by atoms with E-state index in [4.69, 9.17) is 32.7 Å². The molecule has 122 valence electrons. The fourth-order valence-corrected chi connectivity index (χ4v) is 2.40. The Morgan fingerprint density at radius 3 is 2.09 bits per heavy atom. The van der Waals surface area contributed by atoms with E-state index in [1.807, 2.05) is 6.92 Å². The molecule has 0 aliphatic rings. The van der Waals surface area contributed by atoms with E-state index in [9.17, 15) is 8.78 Å². The Hall–Kier alpha value is -1.78. The Balaban J connectivity index is 2.18. The molecule has 0 aliphatic heterocycles. The molecule has 2 rings (SSSR count). The van der Waals surface area contributed by atoms with Gasteiger partial charge in [0.2, 0.25) is 0 Å². The van der Waals surface area contributed by atoms with E-state index in [1.165, 1.54) is 30.3 Å². The topological polar surface area (TPSA) is 18.5 Å². The number of benzene rings is 2. The van der Waals surface area contributed by atoms with Crippen LogP contribution in [-0.2, 0) is 0 Å². The number of alkyl halides is 2. The van der Waals surface area contributed by atoms with Crippen LogP contribution in [0.4, 0.5) is 8.78 Å². The summed E-state index contributed by atoms with van der Waals surface area (Å²) >= 11 is 11.7. The van der Waals surface area contributed by atoms with Crippen LogP contribution in [0.3, 0.4) is 0 Å². The van der Waals surface area contributed by atoms with Gasteiger partial charge in [0.15, 0.2) is 0 Å². The van der Waals surface area contributed by atoms with Crippen molar-refractivity contribution >= 4 is 28.8 Å². The van der Waals surface area contributed by atoms with E-state index in [1.54, 1.807) is 12.1 Å². The fourth-order valence-electron chi connectivity index (χ4n) is 1.88. The van der Waals surface area contributed by atoms with Gasteiger partial charge in [0, 0.05) is 10.0 Å². The molecule has 0 bridgehead atoms. The zero-order chi connectivity index (χ0) is 17.0. The van der Waals surface area contributed by atoms with Crippen molar-refractivity contribution in [2.75, 3.05) is 6.61 Å². The van der Waals surface area contributed by atoms with Crippen molar-refractivity contribution in [2.45, 2.75) is 13.0 Å². The van der Waals surface area contributed by atoms with Crippen molar-refractivity contribution in [3.05, 3.63) is 64.7 Å². The second-order valence-electron chi connectivity index (χ2n) is 4.66. The lowest BCUT2D eigenvalue weighted by molar-refractivity contribution is -0.121. The van der Waals surface area contributed by atoms with Crippen LogP contribution in [0.25, 0.3) is 5.57 Å². The molecule has 2 aromatic carbocycles. The Morgan fingerprint density at radius 2 is 1.57 bits per heavy atom. The highest BCUT2D eigenvalue weighted by molar-refractivity contribution is 6.34. The lowest BCUT2D eigenvalue weighted by Gasteiger charge is -2.21. The predicted octanol–water partition coefficient (Wildman–Crippen LogP) is 6.08. The van der Waals surface area contributed by atoms with Crippen LogP contribution >= 0.6 is 23.2 Å². The molecule has 0 saturated heterocycles. The quantitative estimate of drug-likeness (QED) is 0.623. The molecule has 0 spiro atoms. The van der Waals surface area contributed by atoms with E-state index in [0.29, 0.717) is 12.4 Å². The SMILES string of the molecule is C=C(c1cc(Cl)cc(Cl)c1)C(F)(F)Oc1ccc(OCC)cc1. The summed E-state index contributed by atoms with van der Waals surface area (Å²) in [6.07, 6.45) is -3.61. The van der Waals surface area contributed by atoms with E-state index in [0.717, 1.165) is 0 Å². The van der Waals surface area contributed by atoms with E-state index < -0.39 is 11.7 Å². The van der Waals surface area contributed by atoms with Gasteiger partial charge in [-0.25, -0.2) is 0 Å². The van der Waals surface area contributed by atoms with Gasteiger partial charge >= 0.3 is 6.11 Å². The van der Waals surface area contributed by atoms with Gasteiger partial charge in [0.1, 0.15) is 11.5 Å². The smallest absolute Gasteiger partial charge is 0.426 e. The minimum absolute atomic E-state index is 0.00673. The predicted molar refractivity (Wildman–Crippen MR) is 88.7 cm³/mol. The Labute approximate surface area is 143 Å². The van der Waals surface area contributed by atoms with Crippen molar-refractivity contribution in [3.8, 4) is 11.5 Å². The second kappa shape index (κ2) is 7.20. The summed E-state index contributed by atoms with van der Waals surface area (Å²) in [7, 11) is 0. The number of ether oxygens (including phenoxy) is 2. The average Bonchev–Trinajstić information content (AvgIpc) is 2.47. The molecule has 23 heavy (non-hydrogen) atoms. The van der Waals surface area contributed by atoms with Gasteiger partial charge in [-0.1, -0.05) is 29.8 Å². The first-order chi connectivity index (χ1) is 10.8. The summed E-state index contributed by atoms with van der Waals surface area (Å²) in [6, 6.07) is 10.1. The number of hydrogen-bond acceptors (Lipinski definition) is 2. The molecule has 0 aliphatic carbocycles. The molecule has 0 radical (unpaired) electrons. The molecule has 0 heterocycles. The van der Waals surface area contributed by atoms with Gasteiger partial charge in [-0.3, -0.25) is 0 Å². The van der Waals surface area contributed by atoms with Gasteiger partial charge < -0.3 is 9.47 Å². The van der Waals surface area contributed by atoms with Crippen molar-refractivity contribution in [2.24, 2.45) is 0 Å². The van der Waals surface area contributed by atoms with E-state index >= 15 is 0 Å². The van der Waals surface area contributed by atoms with Crippen LogP contribution in [0.1, 0.15) is 12.5 Å². The molecule has 2 aromatic rings. The van der Waals surface area contributed by atoms with Gasteiger partial charge in [-0.2, -0.15) is 8.78 Å². The third kappa shape index (κ3) is 4.60. The lowest BCUT2D eigenvalue weighted by Crippen LogP contribution is -2.26. The van der Waals surface area contributed by atoms with Gasteiger partial charge in [-0.05, 0) is 55.0 Å². The molecular formula is C17H14Cl2F2O2. The third-order valence-electron chi connectivity index (χ3n) is 2.94. The summed E-state index contributed by atoms with van der Waals surface area (Å²) in [4.78, 5) is 0. The van der Waals surface area contributed by atoms with Crippen LogP contribution in [0, 0.1) is 0 Å². The van der Waals surface area contributed by atoms with Crippen molar-refractivity contribution in [1.82, 2.24) is 0 Å². The molecule has 0 atom stereocenters. The summed E-state index contributed by atoms with van der Waals surface area (Å²) in [5, 5.41) is 0.482. The standard InChI is InChI=1S/C17H14Cl2F2O2/c1-3-22-15-4-6-16(7-5-15)23-17(20,21)11(2)12-8-13(18)10-14(19)9-12/h4-10H,2-3H2,1H3. The summed E-state index contributed by atoms with van der Waals surface area (Å²) < 4.78 is 38.5. The molecule has 0 N–H and O–H groups in total. The Morgan fingerprint density at radius 1 is 1.04 bits per heavy atom. The molecule has 0 unspecified atom stereocenters. The summed E-state index contributed by atoms with van der Waals surface area (Å²) in [5.74, 6) is 0.566. The maximum atomic E-state index is 14.3. The number of halogens is 4. The van der Waals surface area contributed by atoms with Crippen LogP contribution in [-0.4, -0.2) is 12.7 Å². The van der Waals surface area contributed by atoms with Crippen LogP contribution < -0.4 is 9.47 Å². The van der Waals surface area contributed by atoms with Crippen LogP contribution in [0.5, 0.6) is 11.5 Å². The zero-order valence-corrected chi connectivity index (χ0v) is 13.8. The number of hydrogen-bond donors (Lipinski definition) is 0.